The van der Waals surface area contributed by atoms with Crippen molar-refractivity contribution in [1.29, 1.82) is 0 Å². The Labute approximate surface area is 101 Å². The highest BCUT2D eigenvalue weighted by atomic mass is 15.3. The Morgan fingerprint density at radius 2 is 2.00 bits per heavy atom. The van der Waals surface area contributed by atoms with E-state index < -0.39 is 0 Å². The summed E-state index contributed by atoms with van der Waals surface area (Å²) in [6.45, 7) is 8.73. The maximum absolute atomic E-state index is 6.07. The Morgan fingerprint density at radius 1 is 1.44 bits per heavy atom. The highest BCUT2D eigenvalue weighted by Crippen LogP contribution is 2.32. The van der Waals surface area contributed by atoms with E-state index in [-0.39, 0.29) is 5.54 Å². The molecule has 1 rings (SSSR count). The molecule has 0 aromatic carbocycles. The molecular weight excluding hydrogens is 198 g/mol. The first-order chi connectivity index (χ1) is 7.50. The third-order valence-electron chi connectivity index (χ3n) is 4.59. The number of likely N-dealkylation sites (tertiary alicyclic amines) is 1. The maximum Gasteiger partial charge on any atom is 0.0473 e. The number of hydrogen-bond donors (Lipinski definition) is 1. The maximum atomic E-state index is 6.07. The van der Waals surface area contributed by atoms with Gasteiger partial charge in [0.25, 0.3) is 0 Å². The van der Waals surface area contributed by atoms with E-state index in [9.17, 15) is 0 Å². The van der Waals surface area contributed by atoms with E-state index >= 15 is 0 Å². The normalized spacial score (nSPS) is 31.9. The third-order valence-corrected chi connectivity index (χ3v) is 4.59. The quantitative estimate of drug-likeness (QED) is 0.773. The fourth-order valence-corrected chi connectivity index (χ4v) is 3.16. The summed E-state index contributed by atoms with van der Waals surface area (Å²) in [6.07, 6.45) is 3.63. The van der Waals surface area contributed by atoms with E-state index in [1.54, 1.807) is 0 Å². The number of likely N-dealkylation sites (N-methyl/N-ethyl adjacent to an activating group) is 2. The van der Waals surface area contributed by atoms with E-state index in [1.807, 2.05) is 0 Å². The van der Waals surface area contributed by atoms with Crippen molar-refractivity contribution in [3.8, 4) is 0 Å². The van der Waals surface area contributed by atoms with E-state index in [0.29, 0.717) is 12.1 Å². The molecule has 2 N–H and O–H groups in total. The average Bonchev–Trinajstić information content (AvgIpc) is 2.57. The molecular formula is C13H29N3. The van der Waals surface area contributed by atoms with Crippen molar-refractivity contribution in [3.05, 3.63) is 0 Å². The number of nitrogens with two attached hydrogens (primary N) is 1. The number of rotatable bonds is 5. The zero-order valence-corrected chi connectivity index (χ0v) is 11.7. The van der Waals surface area contributed by atoms with E-state index in [4.69, 9.17) is 5.73 Å². The number of hydrogen-bond acceptors (Lipinski definition) is 3. The Hall–Kier alpha value is -0.120. The summed E-state index contributed by atoms with van der Waals surface area (Å²) in [5.41, 5.74) is 6.27. The predicted molar refractivity (Wildman–Crippen MR) is 70.6 cm³/mol. The Balaban J connectivity index is 2.80. The van der Waals surface area contributed by atoms with Crippen LogP contribution in [0.3, 0.4) is 0 Å². The molecule has 0 spiro atoms. The van der Waals surface area contributed by atoms with Crippen LogP contribution in [-0.2, 0) is 0 Å². The van der Waals surface area contributed by atoms with Gasteiger partial charge in [0.1, 0.15) is 0 Å². The second-order valence-corrected chi connectivity index (χ2v) is 5.48. The van der Waals surface area contributed by atoms with Crippen molar-refractivity contribution in [2.24, 2.45) is 5.73 Å². The third kappa shape index (κ3) is 2.41. The molecule has 1 saturated heterocycles. The van der Waals surface area contributed by atoms with Gasteiger partial charge in [-0.25, -0.2) is 0 Å². The lowest BCUT2D eigenvalue weighted by Gasteiger charge is -2.42. The summed E-state index contributed by atoms with van der Waals surface area (Å²) >= 11 is 0. The van der Waals surface area contributed by atoms with Gasteiger partial charge in [-0.15, -0.1) is 0 Å². The fraction of sp³-hybridized carbons (Fsp3) is 1.00. The van der Waals surface area contributed by atoms with Gasteiger partial charge in [-0.1, -0.05) is 13.8 Å². The first kappa shape index (κ1) is 13.9. The summed E-state index contributed by atoms with van der Waals surface area (Å²) < 4.78 is 0. The molecule has 0 amide bonds. The van der Waals surface area contributed by atoms with Crippen LogP contribution in [0.25, 0.3) is 0 Å². The van der Waals surface area contributed by atoms with E-state index in [2.05, 4.69) is 44.7 Å². The Bertz CT molecular complexity index is 203. The van der Waals surface area contributed by atoms with Crippen LogP contribution in [-0.4, -0.2) is 54.6 Å². The van der Waals surface area contributed by atoms with E-state index in [0.717, 1.165) is 13.1 Å². The van der Waals surface area contributed by atoms with Crippen LogP contribution in [0.2, 0.25) is 0 Å². The molecule has 1 heterocycles. The second-order valence-electron chi connectivity index (χ2n) is 5.48. The fourth-order valence-electron chi connectivity index (χ4n) is 3.16. The van der Waals surface area contributed by atoms with E-state index in [1.165, 1.54) is 19.3 Å². The number of nitrogens with zero attached hydrogens (tertiary/aromatic N) is 2. The van der Waals surface area contributed by atoms with Crippen LogP contribution in [0.5, 0.6) is 0 Å². The van der Waals surface area contributed by atoms with Gasteiger partial charge in [-0.3, -0.25) is 4.90 Å². The highest BCUT2D eigenvalue weighted by molar-refractivity contribution is 5.02. The molecule has 0 aromatic rings. The molecule has 0 aliphatic carbocycles. The largest absolute Gasteiger partial charge is 0.329 e. The minimum absolute atomic E-state index is 0.199. The molecule has 3 nitrogen and oxygen atoms in total. The first-order valence-corrected chi connectivity index (χ1v) is 6.64. The van der Waals surface area contributed by atoms with Gasteiger partial charge in [-0.2, -0.15) is 0 Å². The van der Waals surface area contributed by atoms with Crippen LogP contribution in [0.4, 0.5) is 0 Å². The summed E-state index contributed by atoms with van der Waals surface area (Å²) in [5, 5.41) is 0. The van der Waals surface area contributed by atoms with Crippen molar-refractivity contribution < 1.29 is 0 Å². The topological polar surface area (TPSA) is 32.5 Å². The second kappa shape index (κ2) is 5.48. The molecule has 1 aliphatic rings. The van der Waals surface area contributed by atoms with Crippen molar-refractivity contribution in [2.75, 3.05) is 27.2 Å². The van der Waals surface area contributed by atoms with Crippen molar-refractivity contribution in [2.45, 2.75) is 57.7 Å². The minimum Gasteiger partial charge on any atom is -0.329 e. The summed E-state index contributed by atoms with van der Waals surface area (Å²) in [6, 6.07) is 1.32. The summed E-state index contributed by atoms with van der Waals surface area (Å²) in [7, 11) is 4.47. The van der Waals surface area contributed by atoms with Crippen molar-refractivity contribution in [3.63, 3.8) is 0 Å². The van der Waals surface area contributed by atoms with Crippen LogP contribution in [0.15, 0.2) is 0 Å². The van der Waals surface area contributed by atoms with Gasteiger partial charge in [0.15, 0.2) is 0 Å². The molecule has 2 unspecified atom stereocenters. The molecule has 16 heavy (non-hydrogen) atoms. The van der Waals surface area contributed by atoms with Crippen LogP contribution >= 0.6 is 0 Å². The minimum atomic E-state index is 0.199. The van der Waals surface area contributed by atoms with Crippen LogP contribution < -0.4 is 5.73 Å². The predicted octanol–water partition coefficient (Wildman–Crippen LogP) is 1.53. The van der Waals surface area contributed by atoms with Gasteiger partial charge in [0.2, 0.25) is 0 Å². The lowest BCUT2D eigenvalue weighted by Crippen LogP contribution is -2.57. The molecule has 1 fully saturated rings. The molecule has 0 aromatic heterocycles. The first-order valence-electron chi connectivity index (χ1n) is 6.64. The average molecular weight is 227 g/mol. The van der Waals surface area contributed by atoms with Gasteiger partial charge >= 0.3 is 0 Å². The lowest BCUT2D eigenvalue weighted by atomic mass is 9.91. The summed E-state index contributed by atoms with van der Waals surface area (Å²) in [4.78, 5) is 4.98. The summed E-state index contributed by atoms with van der Waals surface area (Å²) in [5.74, 6) is 0. The molecule has 96 valence electrons. The standard InChI is InChI=1S/C13H29N3/c1-6-12(7-2)16(5)13(9-14)8-11(3)15(4)10-13/h11-12H,6-10,14H2,1-5H3. The van der Waals surface area contributed by atoms with Crippen molar-refractivity contribution in [1.82, 2.24) is 9.80 Å². The molecule has 0 bridgehead atoms. The molecule has 3 heteroatoms. The van der Waals surface area contributed by atoms with Gasteiger partial charge in [0.05, 0.1) is 0 Å². The zero-order valence-electron chi connectivity index (χ0n) is 11.7. The molecule has 1 aliphatic heterocycles. The Morgan fingerprint density at radius 3 is 2.31 bits per heavy atom. The lowest BCUT2D eigenvalue weighted by molar-refractivity contribution is 0.0795. The SMILES string of the molecule is CCC(CC)N(C)C1(CN)CC(C)N(C)C1. The van der Waals surface area contributed by atoms with Gasteiger partial charge in [-0.05, 0) is 40.3 Å². The van der Waals surface area contributed by atoms with Crippen LogP contribution in [0, 0.1) is 0 Å². The van der Waals surface area contributed by atoms with Crippen molar-refractivity contribution >= 4 is 0 Å². The molecule has 2 atom stereocenters. The monoisotopic (exact) mass is 227 g/mol. The highest BCUT2D eigenvalue weighted by Gasteiger charge is 2.44. The van der Waals surface area contributed by atoms with Crippen LogP contribution in [0.1, 0.15) is 40.0 Å². The van der Waals surface area contributed by atoms with Gasteiger partial charge in [0, 0.05) is 30.7 Å². The molecule has 0 radical (unpaired) electrons. The molecule has 0 saturated carbocycles. The smallest absolute Gasteiger partial charge is 0.0473 e. The Kier molecular flexibility index (Phi) is 4.77. The van der Waals surface area contributed by atoms with Gasteiger partial charge < -0.3 is 10.6 Å². The zero-order chi connectivity index (χ0) is 12.3.